The first kappa shape index (κ1) is 19.5. The highest BCUT2D eigenvalue weighted by Gasteiger charge is 2.10. The monoisotopic (exact) mass is 417 g/mol. The molecule has 30 heavy (non-hydrogen) atoms. The fraction of sp³-hybridized carbons (Fsp3) is 0. The minimum Gasteiger partial charge on any atom is -0.325 e. The van der Waals surface area contributed by atoms with Crippen LogP contribution in [0.3, 0.4) is 0 Å². The predicted octanol–water partition coefficient (Wildman–Crippen LogP) is 4.96. The fourth-order valence-corrected chi connectivity index (χ4v) is 2.92. The zero-order chi connectivity index (χ0) is 20.9. The Hall–Kier alpha value is -3.78. The molecule has 3 aromatic heterocycles. The molecule has 8 heteroatoms. The summed E-state index contributed by atoms with van der Waals surface area (Å²) in [4.78, 5) is 25.9. The van der Waals surface area contributed by atoms with Crippen molar-refractivity contribution in [2.75, 3.05) is 10.6 Å². The Balaban J connectivity index is 1.51. The van der Waals surface area contributed by atoms with Crippen LogP contribution in [0.2, 0.25) is 0 Å². The van der Waals surface area contributed by atoms with Crippen LogP contribution in [0.25, 0.3) is 11.1 Å². The van der Waals surface area contributed by atoms with Gasteiger partial charge in [0, 0.05) is 40.2 Å². The van der Waals surface area contributed by atoms with E-state index in [1.165, 1.54) is 18.5 Å². The van der Waals surface area contributed by atoms with Crippen molar-refractivity contribution in [1.82, 2.24) is 15.0 Å². The van der Waals surface area contributed by atoms with Gasteiger partial charge in [0.1, 0.15) is 17.5 Å². The highest BCUT2D eigenvalue weighted by atomic mass is 32.1. The lowest BCUT2D eigenvalue weighted by molar-refractivity contribution is 0.102. The van der Waals surface area contributed by atoms with Crippen LogP contribution in [0.15, 0.2) is 84.3 Å². The van der Waals surface area contributed by atoms with E-state index >= 15 is 0 Å². The number of nitrogens with zero attached hydrogens (tertiary/aromatic N) is 3. The number of anilines is 3. The summed E-state index contributed by atoms with van der Waals surface area (Å²) in [5.74, 6) is 0.360. The Morgan fingerprint density at radius 2 is 1.80 bits per heavy atom. The van der Waals surface area contributed by atoms with E-state index in [2.05, 4.69) is 38.2 Å². The molecule has 0 aliphatic heterocycles. The molecule has 0 spiro atoms. The van der Waals surface area contributed by atoms with Gasteiger partial charge in [-0.2, -0.15) is 0 Å². The zero-order valence-corrected chi connectivity index (χ0v) is 16.5. The summed E-state index contributed by atoms with van der Waals surface area (Å²) in [5, 5.41) is 5.82. The zero-order valence-electron chi connectivity index (χ0n) is 15.6. The first-order valence-electron chi connectivity index (χ1n) is 8.98. The van der Waals surface area contributed by atoms with Crippen LogP contribution in [-0.2, 0) is 0 Å². The fourth-order valence-electron chi connectivity index (χ4n) is 2.79. The van der Waals surface area contributed by atoms with Crippen LogP contribution in [0.1, 0.15) is 10.4 Å². The highest BCUT2D eigenvalue weighted by molar-refractivity contribution is 7.80. The summed E-state index contributed by atoms with van der Waals surface area (Å²) >= 11 is 4.20. The molecule has 0 unspecified atom stereocenters. The van der Waals surface area contributed by atoms with Crippen LogP contribution in [0, 0.1) is 5.82 Å². The maximum Gasteiger partial charge on any atom is 0.255 e. The number of halogens is 1. The van der Waals surface area contributed by atoms with Gasteiger partial charge in [-0.05, 0) is 36.4 Å². The number of amides is 1. The average molecular weight is 417 g/mol. The largest absolute Gasteiger partial charge is 0.325 e. The molecule has 0 atom stereocenters. The van der Waals surface area contributed by atoms with E-state index in [1.807, 2.05) is 0 Å². The number of thiol groups is 1. The van der Waals surface area contributed by atoms with Gasteiger partial charge >= 0.3 is 0 Å². The minimum atomic E-state index is -0.354. The molecule has 3 heterocycles. The standard InChI is InChI=1S/C22H16FN5OS/c23-19-4-2-1-3-18(19)15-9-16(12-24-11-15)27-22(29)14-7-8-25-21(10-14)28-20-6-5-17(30)13-26-20/h1-13,30H,(H,27,29)(H,25,26,28). The van der Waals surface area contributed by atoms with E-state index < -0.39 is 0 Å². The van der Waals surface area contributed by atoms with Crippen molar-refractivity contribution in [1.29, 1.82) is 0 Å². The van der Waals surface area contributed by atoms with E-state index in [0.717, 1.165) is 4.90 Å². The third kappa shape index (κ3) is 4.61. The predicted molar refractivity (Wildman–Crippen MR) is 117 cm³/mol. The van der Waals surface area contributed by atoms with Gasteiger partial charge in [0.05, 0.1) is 11.9 Å². The third-order valence-electron chi connectivity index (χ3n) is 4.21. The normalized spacial score (nSPS) is 10.5. The van der Waals surface area contributed by atoms with Crippen molar-refractivity contribution >= 4 is 35.9 Å². The maximum atomic E-state index is 14.0. The molecule has 4 rings (SSSR count). The number of rotatable bonds is 5. The van der Waals surface area contributed by atoms with Crippen molar-refractivity contribution in [3.05, 3.63) is 90.8 Å². The highest BCUT2D eigenvalue weighted by Crippen LogP contribution is 2.24. The molecule has 0 aliphatic carbocycles. The van der Waals surface area contributed by atoms with Crippen LogP contribution < -0.4 is 10.6 Å². The lowest BCUT2D eigenvalue weighted by Gasteiger charge is -2.09. The molecule has 0 saturated heterocycles. The Morgan fingerprint density at radius 3 is 2.60 bits per heavy atom. The summed E-state index contributed by atoms with van der Waals surface area (Å²) in [5.41, 5.74) is 1.84. The average Bonchev–Trinajstić information content (AvgIpc) is 2.76. The number of carbonyl (C=O) groups is 1. The molecule has 0 aliphatic rings. The van der Waals surface area contributed by atoms with Crippen LogP contribution in [0.5, 0.6) is 0 Å². The lowest BCUT2D eigenvalue weighted by Crippen LogP contribution is -2.12. The van der Waals surface area contributed by atoms with Gasteiger partial charge in [-0.1, -0.05) is 18.2 Å². The number of hydrogen-bond acceptors (Lipinski definition) is 6. The van der Waals surface area contributed by atoms with Gasteiger partial charge in [0.2, 0.25) is 0 Å². The smallest absolute Gasteiger partial charge is 0.255 e. The minimum absolute atomic E-state index is 0.341. The molecule has 2 N–H and O–H groups in total. The quantitative estimate of drug-likeness (QED) is 0.400. The Labute approximate surface area is 177 Å². The first-order valence-corrected chi connectivity index (χ1v) is 9.42. The number of nitrogens with one attached hydrogen (secondary N) is 2. The van der Waals surface area contributed by atoms with E-state index in [1.54, 1.807) is 60.9 Å². The molecule has 4 aromatic rings. The van der Waals surface area contributed by atoms with Gasteiger partial charge in [0.15, 0.2) is 0 Å². The SMILES string of the molecule is O=C(Nc1cncc(-c2ccccc2F)c1)c1ccnc(Nc2ccc(S)cn2)c1. The summed E-state index contributed by atoms with van der Waals surface area (Å²) in [7, 11) is 0. The molecule has 1 aromatic carbocycles. The second kappa shape index (κ2) is 8.71. The second-order valence-corrected chi connectivity index (χ2v) is 6.87. The molecular weight excluding hydrogens is 401 g/mol. The van der Waals surface area contributed by atoms with E-state index in [9.17, 15) is 9.18 Å². The topological polar surface area (TPSA) is 79.8 Å². The third-order valence-corrected chi connectivity index (χ3v) is 4.47. The van der Waals surface area contributed by atoms with Gasteiger partial charge in [-0.15, -0.1) is 12.6 Å². The van der Waals surface area contributed by atoms with Crippen molar-refractivity contribution < 1.29 is 9.18 Å². The van der Waals surface area contributed by atoms with Crippen molar-refractivity contribution in [2.45, 2.75) is 4.90 Å². The molecule has 0 bridgehead atoms. The number of hydrogen-bond donors (Lipinski definition) is 3. The molecule has 0 saturated carbocycles. The lowest BCUT2D eigenvalue weighted by atomic mass is 10.1. The van der Waals surface area contributed by atoms with Crippen LogP contribution >= 0.6 is 12.6 Å². The Kier molecular flexibility index (Phi) is 5.67. The summed E-state index contributed by atoms with van der Waals surface area (Å²) < 4.78 is 14.0. The molecule has 0 fully saturated rings. The van der Waals surface area contributed by atoms with E-state index in [0.29, 0.717) is 34.0 Å². The second-order valence-electron chi connectivity index (χ2n) is 6.35. The summed E-state index contributed by atoms with van der Waals surface area (Å²) in [6.07, 6.45) is 6.19. The maximum absolute atomic E-state index is 14.0. The number of carbonyl (C=O) groups excluding carboxylic acids is 1. The van der Waals surface area contributed by atoms with Crippen molar-refractivity contribution in [2.24, 2.45) is 0 Å². The molecule has 148 valence electrons. The van der Waals surface area contributed by atoms with Gasteiger partial charge in [-0.25, -0.2) is 14.4 Å². The van der Waals surface area contributed by atoms with Crippen LogP contribution in [0.4, 0.5) is 21.7 Å². The van der Waals surface area contributed by atoms with Crippen LogP contribution in [-0.4, -0.2) is 20.9 Å². The van der Waals surface area contributed by atoms with Gasteiger partial charge < -0.3 is 10.6 Å². The number of pyridine rings is 3. The van der Waals surface area contributed by atoms with E-state index in [4.69, 9.17) is 0 Å². The molecular formula is C22H16FN5OS. The molecule has 0 radical (unpaired) electrons. The van der Waals surface area contributed by atoms with Gasteiger partial charge in [-0.3, -0.25) is 9.78 Å². The van der Waals surface area contributed by atoms with E-state index in [-0.39, 0.29) is 11.7 Å². The number of aromatic nitrogens is 3. The Bertz CT molecular complexity index is 1200. The van der Waals surface area contributed by atoms with Crippen molar-refractivity contribution in [3.8, 4) is 11.1 Å². The number of benzene rings is 1. The summed E-state index contributed by atoms with van der Waals surface area (Å²) in [6.45, 7) is 0. The van der Waals surface area contributed by atoms with Gasteiger partial charge in [0.25, 0.3) is 5.91 Å². The summed E-state index contributed by atoms with van der Waals surface area (Å²) in [6, 6.07) is 14.8. The van der Waals surface area contributed by atoms with Crippen molar-refractivity contribution in [3.63, 3.8) is 0 Å². The first-order chi connectivity index (χ1) is 14.6. The molecule has 1 amide bonds. The molecule has 6 nitrogen and oxygen atoms in total. The Morgan fingerprint density at radius 1 is 0.933 bits per heavy atom.